The lowest BCUT2D eigenvalue weighted by atomic mass is 10.1. The molecule has 1 heterocycles. The first-order valence-corrected chi connectivity index (χ1v) is 5.92. The van der Waals surface area contributed by atoms with E-state index in [0.29, 0.717) is 6.04 Å². The molecule has 2 unspecified atom stereocenters. The van der Waals surface area contributed by atoms with Gasteiger partial charge in [-0.2, -0.15) is 11.8 Å². The summed E-state index contributed by atoms with van der Waals surface area (Å²) >= 11 is 1.91. The molecule has 0 saturated carbocycles. The molecule has 0 aromatic carbocycles. The fraction of sp³-hybridized carbons (Fsp3) is 0.889. The van der Waals surface area contributed by atoms with Gasteiger partial charge in [-0.15, -0.1) is 0 Å². The molecule has 0 aromatic rings. The largest absolute Gasteiger partial charge is 0.341 e. The third kappa shape index (κ3) is 2.61. The zero-order chi connectivity index (χ0) is 9.84. The molecule has 0 spiro atoms. The number of carbonyl (C=O) groups excluding carboxylic acids is 1. The molecule has 0 aliphatic carbocycles. The fourth-order valence-electron chi connectivity index (χ4n) is 1.44. The van der Waals surface area contributed by atoms with Crippen molar-refractivity contribution in [3.63, 3.8) is 0 Å². The molecule has 1 saturated heterocycles. The Labute approximate surface area is 84.0 Å². The summed E-state index contributed by atoms with van der Waals surface area (Å²) in [6, 6.07) is 0.102. The molecule has 76 valence electrons. The van der Waals surface area contributed by atoms with Gasteiger partial charge in [0.1, 0.15) is 0 Å². The number of hydrogen-bond acceptors (Lipinski definition) is 3. The van der Waals surface area contributed by atoms with E-state index < -0.39 is 0 Å². The van der Waals surface area contributed by atoms with E-state index in [1.54, 1.807) is 0 Å². The molecular weight excluding hydrogens is 184 g/mol. The van der Waals surface area contributed by atoms with Crippen LogP contribution in [0.15, 0.2) is 0 Å². The van der Waals surface area contributed by atoms with Crippen molar-refractivity contribution in [3.05, 3.63) is 0 Å². The quantitative estimate of drug-likeness (QED) is 0.732. The third-order valence-electron chi connectivity index (χ3n) is 2.56. The number of rotatable bonds is 3. The second-order valence-electron chi connectivity index (χ2n) is 3.48. The van der Waals surface area contributed by atoms with Crippen LogP contribution in [0.2, 0.25) is 0 Å². The zero-order valence-electron chi connectivity index (χ0n) is 8.32. The van der Waals surface area contributed by atoms with E-state index in [0.717, 1.165) is 18.6 Å². The van der Waals surface area contributed by atoms with Gasteiger partial charge < -0.3 is 10.6 Å². The van der Waals surface area contributed by atoms with Crippen LogP contribution in [0.25, 0.3) is 0 Å². The van der Waals surface area contributed by atoms with E-state index in [1.165, 1.54) is 5.75 Å². The Morgan fingerprint density at radius 1 is 1.77 bits per heavy atom. The number of likely N-dealkylation sites (N-methyl/N-ethyl adjacent to an activating group) is 1. The first kappa shape index (κ1) is 10.9. The lowest BCUT2D eigenvalue weighted by molar-refractivity contribution is -0.132. The van der Waals surface area contributed by atoms with E-state index >= 15 is 0 Å². The topological polar surface area (TPSA) is 46.3 Å². The van der Waals surface area contributed by atoms with Crippen LogP contribution in [-0.2, 0) is 4.79 Å². The highest BCUT2D eigenvalue weighted by molar-refractivity contribution is 7.99. The molecule has 0 aromatic heterocycles. The monoisotopic (exact) mass is 202 g/mol. The van der Waals surface area contributed by atoms with Crippen molar-refractivity contribution >= 4 is 17.7 Å². The lowest BCUT2D eigenvalue weighted by Crippen LogP contribution is -2.46. The highest BCUT2D eigenvalue weighted by Crippen LogP contribution is 2.21. The minimum absolute atomic E-state index is 0.0926. The average molecular weight is 202 g/mol. The van der Waals surface area contributed by atoms with Crippen molar-refractivity contribution in [3.8, 4) is 0 Å². The van der Waals surface area contributed by atoms with Crippen LogP contribution < -0.4 is 5.73 Å². The summed E-state index contributed by atoms with van der Waals surface area (Å²) < 4.78 is 0. The summed E-state index contributed by atoms with van der Waals surface area (Å²) in [5.41, 5.74) is 5.69. The molecule has 1 aliphatic heterocycles. The van der Waals surface area contributed by atoms with Gasteiger partial charge in [0.05, 0.1) is 6.04 Å². The number of hydrogen-bond donors (Lipinski definition) is 1. The van der Waals surface area contributed by atoms with Crippen LogP contribution in [0.1, 0.15) is 19.8 Å². The van der Waals surface area contributed by atoms with Gasteiger partial charge in [0.2, 0.25) is 5.91 Å². The van der Waals surface area contributed by atoms with Crippen molar-refractivity contribution in [2.45, 2.75) is 31.8 Å². The Bertz CT molecular complexity index is 180. The molecule has 13 heavy (non-hydrogen) atoms. The fourth-order valence-corrected chi connectivity index (χ4v) is 2.71. The Morgan fingerprint density at radius 3 is 2.92 bits per heavy atom. The summed E-state index contributed by atoms with van der Waals surface area (Å²) in [6.07, 6.45) is 1.84. The predicted octanol–water partition coefficient (Wildman–Crippen LogP) is 0.688. The van der Waals surface area contributed by atoms with Gasteiger partial charge in [-0.1, -0.05) is 6.92 Å². The second kappa shape index (κ2) is 4.86. The van der Waals surface area contributed by atoms with Gasteiger partial charge in [-0.3, -0.25) is 4.79 Å². The first-order chi connectivity index (χ1) is 6.16. The third-order valence-corrected chi connectivity index (χ3v) is 3.70. The molecule has 1 amide bonds. The van der Waals surface area contributed by atoms with Gasteiger partial charge in [0.25, 0.3) is 0 Å². The zero-order valence-corrected chi connectivity index (χ0v) is 9.14. The summed E-state index contributed by atoms with van der Waals surface area (Å²) in [5.74, 6) is 2.33. The summed E-state index contributed by atoms with van der Waals surface area (Å²) in [7, 11) is 1.87. The molecule has 2 N–H and O–H groups in total. The van der Waals surface area contributed by atoms with Crippen molar-refractivity contribution in [1.29, 1.82) is 0 Å². The molecule has 1 aliphatic rings. The molecule has 0 radical (unpaired) electrons. The molecule has 1 fully saturated rings. The molecule has 4 heteroatoms. The lowest BCUT2D eigenvalue weighted by Gasteiger charge is -2.26. The van der Waals surface area contributed by atoms with Gasteiger partial charge in [0, 0.05) is 18.8 Å². The number of thioether (sulfide) groups is 1. The van der Waals surface area contributed by atoms with Crippen LogP contribution in [0.4, 0.5) is 0 Å². The van der Waals surface area contributed by atoms with E-state index in [2.05, 4.69) is 0 Å². The number of nitrogens with two attached hydrogens (primary N) is 1. The Kier molecular flexibility index (Phi) is 4.06. The number of amides is 1. The molecule has 2 atom stereocenters. The molecule has 1 rings (SSSR count). The molecule has 0 bridgehead atoms. The maximum absolute atomic E-state index is 11.7. The minimum atomic E-state index is -0.310. The van der Waals surface area contributed by atoms with Crippen LogP contribution in [0, 0.1) is 0 Å². The first-order valence-electron chi connectivity index (χ1n) is 4.76. The van der Waals surface area contributed by atoms with Crippen LogP contribution >= 0.6 is 11.8 Å². The smallest absolute Gasteiger partial charge is 0.239 e. The summed E-state index contributed by atoms with van der Waals surface area (Å²) in [6.45, 7) is 1.94. The summed E-state index contributed by atoms with van der Waals surface area (Å²) in [5, 5.41) is 0. The van der Waals surface area contributed by atoms with Crippen LogP contribution in [0.3, 0.4) is 0 Å². The SMILES string of the molecule is CCC(N)C(=O)N(C)C1CCSC1. The van der Waals surface area contributed by atoms with Crippen molar-refractivity contribution < 1.29 is 4.79 Å². The van der Waals surface area contributed by atoms with Crippen LogP contribution in [0.5, 0.6) is 0 Å². The van der Waals surface area contributed by atoms with Crippen molar-refractivity contribution in [2.75, 3.05) is 18.6 Å². The van der Waals surface area contributed by atoms with Gasteiger partial charge in [-0.05, 0) is 18.6 Å². The Hall–Kier alpha value is -0.220. The Balaban J connectivity index is 2.45. The number of nitrogens with zero attached hydrogens (tertiary/aromatic N) is 1. The van der Waals surface area contributed by atoms with E-state index in [4.69, 9.17) is 5.73 Å². The minimum Gasteiger partial charge on any atom is -0.341 e. The van der Waals surface area contributed by atoms with E-state index in [9.17, 15) is 4.79 Å². The maximum Gasteiger partial charge on any atom is 0.239 e. The average Bonchev–Trinajstić information content (AvgIpc) is 2.67. The summed E-state index contributed by atoms with van der Waals surface area (Å²) in [4.78, 5) is 13.5. The van der Waals surface area contributed by atoms with E-state index in [-0.39, 0.29) is 11.9 Å². The van der Waals surface area contributed by atoms with Gasteiger partial charge in [-0.25, -0.2) is 0 Å². The molecule has 3 nitrogen and oxygen atoms in total. The van der Waals surface area contributed by atoms with Crippen molar-refractivity contribution in [1.82, 2.24) is 4.90 Å². The van der Waals surface area contributed by atoms with Crippen molar-refractivity contribution in [2.24, 2.45) is 5.73 Å². The second-order valence-corrected chi connectivity index (χ2v) is 4.63. The van der Waals surface area contributed by atoms with Gasteiger partial charge >= 0.3 is 0 Å². The maximum atomic E-state index is 11.7. The standard InChI is InChI=1S/C9H18N2OS/c1-3-8(10)9(12)11(2)7-4-5-13-6-7/h7-8H,3-6,10H2,1-2H3. The highest BCUT2D eigenvalue weighted by atomic mass is 32.2. The molecular formula is C9H18N2OS. The number of carbonyl (C=O) groups is 1. The van der Waals surface area contributed by atoms with Gasteiger partial charge in [0.15, 0.2) is 0 Å². The Morgan fingerprint density at radius 2 is 2.46 bits per heavy atom. The highest BCUT2D eigenvalue weighted by Gasteiger charge is 2.26. The van der Waals surface area contributed by atoms with E-state index in [1.807, 2.05) is 30.6 Å². The predicted molar refractivity (Wildman–Crippen MR) is 56.8 cm³/mol. The normalized spacial score (nSPS) is 24.4. The van der Waals surface area contributed by atoms with Crippen LogP contribution in [-0.4, -0.2) is 41.4 Å².